The number of allylic oxidation sites excluding steroid dienone is 8. The fraction of sp³-hybridized carbons (Fsp3) is 0.273. The van der Waals surface area contributed by atoms with Crippen LogP contribution in [0.25, 0.3) is 11.6 Å². The first-order chi connectivity index (χ1) is 11.5. The predicted molar refractivity (Wildman–Crippen MR) is 101 cm³/mol. The molecule has 0 saturated heterocycles. The summed E-state index contributed by atoms with van der Waals surface area (Å²) in [5.41, 5.74) is 7.63. The van der Waals surface area contributed by atoms with Crippen molar-refractivity contribution in [3.63, 3.8) is 0 Å². The standard InChI is InChI=1S/C22H24O2/c1-13-9-15(3)21-14(2)7-8-18-19(22(21)16(4)10-13)11-17(23-5)12-20(18)24-6/h7-12H,1-6H3. The summed E-state index contributed by atoms with van der Waals surface area (Å²) in [4.78, 5) is 0. The molecule has 1 aromatic rings. The highest BCUT2D eigenvalue weighted by Gasteiger charge is 2.19. The zero-order valence-corrected chi connectivity index (χ0v) is 15.3. The second-order valence-electron chi connectivity index (χ2n) is 6.46. The highest BCUT2D eigenvalue weighted by molar-refractivity contribution is 5.87. The maximum Gasteiger partial charge on any atom is 0.130 e. The van der Waals surface area contributed by atoms with E-state index in [-0.39, 0.29) is 0 Å². The molecule has 0 atom stereocenters. The lowest BCUT2D eigenvalue weighted by molar-refractivity contribution is 0.391. The van der Waals surface area contributed by atoms with Crippen molar-refractivity contribution in [2.24, 2.45) is 0 Å². The Bertz CT molecular complexity index is 950. The number of benzene rings is 1. The fourth-order valence-electron chi connectivity index (χ4n) is 3.68. The van der Waals surface area contributed by atoms with E-state index >= 15 is 0 Å². The number of methoxy groups -OCH3 is 2. The highest BCUT2D eigenvalue weighted by atomic mass is 16.5. The van der Waals surface area contributed by atoms with Crippen LogP contribution in [0.3, 0.4) is 0 Å². The molecular weight excluding hydrogens is 296 g/mol. The van der Waals surface area contributed by atoms with Gasteiger partial charge in [-0.1, -0.05) is 29.9 Å². The first-order valence-electron chi connectivity index (χ1n) is 8.19. The minimum Gasteiger partial charge on any atom is -0.497 e. The third kappa shape index (κ3) is 2.62. The number of hydrogen-bond acceptors (Lipinski definition) is 2. The summed E-state index contributed by atoms with van der Waals surface area (Å²) in [6, 6.07) is 4.06. The van der Waals surface area contributed by atoms with Gasteiger partial charge in [-0.05, 0) is 66.8 Å². The van der Waals surface area contributed by atoms with Crippen molar-refractivity contribution in [3.8, 4) is 11.5 Å². The van der Waals surface area contributed by atoms with Crippen LogP contribution in [0.5, 0.6) is 11.5 Å². The summed E-state index contributed by atoms with van der Waals surface area (Å²) in [6.45, 7) is 8.69. The molecule has 24 heavy (non-hydrogen) atoms. The van der Waals surface area contributed by atoms with Crippen LogP contribution in [-0.2, 0) is 0 Å². The summed E-state index contributed by atoms with van der Waals surface area (Å²) in [5, 5.41) is 2.26. The normalized spacial score (nSPS) is 16.8. The van der Waals surface area contributed by atoms with Crippen molar-refractivity contribution >= 4 is 11.6 Å². The molecule has 0 aromatic heterocycles. The molecular formula is C22H24O2. The molecule has 0 bridgehead atoms. The third-order valence-corrected chi connectivity index (χ3v) is 4.66. The Morgan fingerprint density at radius 1 is 0.750 bits per heavy atom. The molecule has 0 radical (unpaired) electrons. The van der Waals surface area contributed by atoms with Crippen LogP contribution in [0, 0.1) is 0 Å². The van der Waals surface area contributed by atoms with E-state index in [1.165, 1.54) is 33.4 Å². The van der Waals surface area contributed by atoms with Gasteiger partial charge in [0.1, 0.15) is 11.5 Å². The second-order valence-corrected chi connectivity index (χ2v) is 6.46. The SMILES string of the molecule is COc1cc(OC)c2c(c1)=C1C(C)=CC(C)=CC(C)=C1C(C)=CC=2. The van der Waals surface area contributed by atoms with Gasteiger partial charge in [-0.15, -0.1) is 0 Å². The van der Waals surface area contributed by atoms with Gasteiger partial charge < -0.3 is 9.47 Å². The molecule has 2 aliphatic rings. The maximum absolute atomic E-state index is 5.64. The van der Waals surface area contributed by atoms with Gasteiger partial charge in [-0.2, -0.15) is 0 Å². The Labute approximate surface area is 143 Å². The maximum atomic E-state index is 5.64. The molecule has 3 rings (SSSR count). The van der Waals surface area contributed by atoms with Crippen LogP contribution in [0.2, 0.25) is 0 Å². The van der Waals surface area contributed by atoms with Crippen molar-refractivity contribution in [1.82, 2.24) is 0 Å². The van der Waals surface area contributed by atoms with Gasteiger partial charge in [-0.25, -0.2) is 0 Å². The summed E-state index contributed by atoms with van der Waals surface area (Å²) >= 11 is 0. The van der Waals surface area contributed by atoms with Gasteiger partial charge in [0.15, 0.2) is 0 Å². The van der Waals surface area contributed by atoms with Crippen molar-refractivity contribution in [2.75, 3.05) is 14.2 Å². The van der Waals surface area contributed by atoms with E-state index in [1.54, 1.807) is 14.2 Å². The molecule has 2 heteroatoms. The van der Waals surface area contributed by atoms with Crippen molar-refractivity contribution < 1.29 is 9.47 Å². The predicted octanol–water partition coefficient (Wildman–Crippen LogP) is 3.82. The molecule has 2 aliphatic carbocycles. The van der Waals surface area contributed by atoms with Crippen LogP contribution < -0.4 is 19.9 Å². The number of rotatable bonds is 2. The monoisotopic (exact) mass is 320 g/mol. The van der Waals surface area contributed by atoms with Gasteiger partial charge >= 0.3 is 0 Å². The van der Waals surface area contributed by atoms with E-state index in [1.807, 2.05) is 6.07 Å². The lowest BCUT2D eigenvalue weighted by atomic mass is 9.89. The molecule has 0 heterocycles. The Morgan fingerprint density at radius 3 is 2.17 bits per heavy atom. The average molecular weight is 320 g/mol. The Balaban J connectivity index is 2.58. The van der Waals surface area contributed by atoms with Gasteiger partial charge in [-0.3, -0.25) is 0 Å². The van der Waals surface area contributed by atoms with Crippen LogP contribution in [-0.4, -0.2) is 14.2 Å². The van der Waals surface area contributed by atoms with E-state index in [0.717, 1.165) is 21.9 Å². The molecule has 1 aromatic carbocycles. The molecule has 0 unspecified atom stereocenters. The summed E-state index contributed by atoms with van der Waals surface area (Å²) < 4.78 is 11.1. The van der Waals surface area contributed by atoms with Gasteiger partial charge in [0, 0.05) is 11.3 Å². The van der Waals surface area contributed by atoms with Crippen molar-refractivity contribution in [3.05, 3.63) is 68.7 Å². The van der Waals surface area contributed by atoms with E-state index in [9.17, 15) is 0 Å². The number of hydrogen-bond donors (Lipinski definition) is 0. The minimum absolute atomic E-state index is 0.810. The molecule has 124 valence electrons. The average Bonchev–Trinajstić information content (AvgIpc) is 2.76. The molecule has 2 nitrogen and oxygen atoms in total. The molecule has 0 N–H and O–H groups in total. The van der Waals surface area contributed by atoms with Crippen molar-refractivity contribution in [1.29, 1.82) is 0 Å². The zero-order chi connectivity index (χ0) is 17.4. The van der Waals surface area contributed by atoms with Crippen molar-refractivity contribution in [2.45, 2.75) is 27.7 Å². The van der Waals surface area contributed by atoms with Gasteiger partial charge in [0.2, 0.25) is 0 Å². The molecule has 0 fully saturated rings. The van der Waals surface area contributed by atoms with Crippen LogP contribution in [0.1, 0.15) is 27.7 Å². The quantitative estimate of drug-likeness (QED) is 0.825. The summed E-state index contributed by atoms with van der Waals surface area (Å²) in [6.07, 6.45) is 8.84. The van der Waals surface area contributed by atoms with E-state index in [4.69, 9.17) is 9.47 Å². The second kappa shape index (κ2) is 6.20. The topological polar surface area (TPSA) is 18.5 Å². The third-order valence-electron chi connectivity index (χ3n) is 4.66. The first-order valence-corrected chi connectivity index (χ1v) is 8.19. The number of ether oxygens (including phenoxy) is 2. The van der Waals surface area contributed by atoms with E-state index in [0.29, 0.717) is 0 Å². The Morgan fingerprint density at radius 2 is 1.50 bits per heavy atom. The summed E-state index contributed by atoms with van der Waals surface area (Å²) in [5.74, 6) is 1.64. The lowest BCUT2D eigenvalue weighted by Gasteiger charge is -2.15. The largest absolute Gasteiger partial charge is 0.497 e. The Kier molecular flexibility index (Phi) is 4.23. The summed E-state index contributed by atoms with van der Waals surface area (Å²) in [7, 11) is 3.40. The Hall–Kier alpha value is -2.48. The smallest absolute Gasteiger partial charge is 0.130 e. The zero-order valence-electron chi connectivity index (χ0n) is 15.3. The molecule has 0 saturated carbocycles. The minimum atomic E-state index is 0.810. The lowest BCUT2D eigenvalue weighted by Crippen LogP contribution is -2.29. The highest BCUT2D eigenvalue weighted by Crippen LogP contribution is 2.34. The molecule has 0 amide bonds. The fourth-order valence-corrected chi connectivity index (χ4v) is 3.68. The molecule has 0 aliphatic heterocycles. The van der Waals surface area contributed by atoms with Crippen LogP contribution in [0.4, 0.5) is 0 Å². The van der Waals surface area contributed by atoms with Gasteiger partial charge in [0.25, 0.3) is 0 Å². The van der Waals surface area contributed by atoms with Crippen LogP contribution in [0.15, 0.2) is 58.2 Å². The van der Waals surface area contributed by atoms with E-state index < -0.39 is 0 Å². The number of fused-ring (bicyclic) bond motifs is 2. The first kappa shape index (κ1) is 16.4. The van der Waals surface area contributed by atoms with Crippen LogP contribution >= 0.6 is 0 Å². The van der Waals surface area contributed by atoms with E-state index in [2.05, 4.69) is 58.1 Å². The molecule has 0 spiro atoms. The van der Waals surface area contributed by atoms with Gasteiger partial charge in [0.05, 0.1) is 14.2 Å².